The number of halogens is 4. The van der Waals surface area contributed by atoms with E-state index in [0.717, 1.165) is 11.1 Å². The highest BCUT2D eigenvalue weighted by Crippen LogP contribution is 2.35. The summed E-state index contributed by atoms with van der Waals surface area (Å²) < 4.78 is 14.5. The van der Waals surface area contributed by atoms with Crippen LogP contribution >= 0.6 is 34.8 Å². The summed E-state index contributed by atoms with van der Waals surface area (Å²) in [5, 5.41) is 1.42. The molecular formula is C18H18Cl3F. The molecule has 0 aliphatic carbocycles. The fraction of sp³-hybridized carbons (Fsp3) is 0.333. The van der Waals surface area contributed by atoms with Gasteiger partial charge in [-0.2, -0.15) is 0 Å². The minimum absolute atomic E-state index is 0.00309. The van der Waals surface area contributed by atoms with Crippen molar-refractivity contribution < 1.29 is 4.39 Å². The Morgan fingerprint density at radius 1 is 0.955 bits per heavy atom. The Morgan fingerprint density at radius 2 is 1.55 bits per heavy atom. The van der Waals surface area contributed by atoms with Gasteiger partial charge in [-0.15, -0.1) is 0 Å². The third-order valence-electron chi connectivity index (χ3n) is 3.83. The molecule has 0 N–H and O–H groups in total. The van der Waals surface area contributed by atoms with Gasteiger partial charge in [0.2, 0.25) is 0 Å². The number of hydrogen-bond donors (Lipinski definition) is 0. The van der Waals surface area contributed by atoms with Crippen molar-refractivity contribution in [1.29, 1.82) is 0 Å². The van der Waals surface area contributed by atoms with E-state index < -0.39 is 0 Å². The molecule has 0 fully saturated rings. The van der Waals surface area contributed by atoms with Gasteiger partial charge in [-0.3, -0.25) is 0 Å². The molecule has 0 amide bonds. The fourth-order valence-corrected chi connectivity index (χ4v) is 3.79. The number of hydrogen-bond acceptors (Lipinski definition) is 0. The van der Waals surface area contributed by atoms with Crippen LogP contribution in [0.25, 0.3) is 0 Å². The number of benzene rings is 2. The zero-order valence-corrected chi connectivity index (χ0v) is 15.0. The van der Waals surface area contributed by atoms with Crippen LogP contribution in [0.5, 0.6) is 0 Å². The Hall–Kier alpha value is -0.760. The quantitative estimate of drug-likeness (QED) is 0.539. The molecule has 2 rings (SSSR count). The van der Waals surface area contributed by atoms with Crippen LogP contribution in [0.4, 0.5) is 4.39 Å². The van der Waals surface area contributed by atoms with Crippen LogP contribution in [0.2, 0.25) is 15.1 Å². The van der Waals surface area contributed by atoms with Gasteiger partial charge in [0.05, 0.1) is 5.02 Å². The maximum atomic E-state index is 14.5. The van der Waals surface area contributed by atoms with Crippen LogP contribution < -0.4 is 0 Å². The molecule has 1 unspecified atom stereocenters. The predicted molar refractivity (Wildman–Crippen MR) is 94.1 cm³/mol. The lowest BCUT2D eigenvalue weighted by Crippen LogP contribution is -2.04. The van der Waals surface area contributed by atoms with E-state index in [1.165, 1.54) is 0 Å². The summed E-state index contributed by atoms with van der Waals surface area (Å²) in [6, 6.07) is 9.09. The van der Waals surface area contributed by atoms with Gasteiger partial charge >= 0.3 is 0 Å². The van der Waals surface area contributed by atoms with Gasteiger partial charge < -0.3 is 0 Å². The highest BCUT2D eigenvalue weighted by molar-refractivity contribution is 6.36. The molecule has 2 aromatic carbocycles. The van der Waals surface area contributed by atoms with E-state index >= 15 is 0 Å². The maximum absolute atomic E-state index is 14.5. The van der Waals surface area contributed by atoms with Gasteiger partial charge in [-0.25, -0.2) is 4.39 Å². The molecule has 0 spiro atoms. The minimum atomic E-state index is -0.345. The van der Waals surface area contributed by atoms with Gasteiger partial charge in [-0.1, -0.05) is 73.8 Å². The van der Waals surface area contributed by atoms with Gasteiger partial charge in [0, 0.05) is 10.0 Å². The summed E-state index contributed by atoms with van der Waals surface area (Å²) in [5.41, 5.74) is 2.25. The molecule has 0 saturated carbocycles. The summed E-state index contributed by atoms with van der Waals surface area (Å²) in [6.07, 6.45) is 0.493. The summed E-state index contributed by atoms with van der Waals surface area (Å²) in [5.74, 6) is -0.161. The fourth-order valence-electron chi connectivity index (χ4n) is 2.62. The summed E-state index contributed by atoms with van der Waals surface area (Å²) in [7, 11) is 0. The monoisotopic (exact) mass is 358 g/mol. The first kappa shape index (κ1) is 17.6. The molecule has 0 nitrogen and oxygen atoms in total. The van der Waals surface area contributed by atoms with Crippen LogP contribution in [-0.4, -0.2) is 0 Å². The molecule has 22 heavy (non-hydrogen) atoms. The lowest BCUT2D eigenvalue weighted by atomic mass is 9.92. The van der Waals surface area contributed by atoms with Crippen molar-refractivity contribution in [3.63, 3.8) is 0 Å². The van der Waals surface area contributed by atoms with Crippen molar-refractivity contribution >= 4 is 34.8 Å². The molecule has 0 saturated heterocycles. The second kappa shape index (κ2) is 7.21. The van der Waals surface area contributed by atoms with E-state index in [9.17, 15) is 4.39 Å². The van der Waals surface area contributed by atoms with Crippen molar-refractivity contribution in [1.82, 2.24) is 0 Å². The Balaban J connectivity index is 2.33. The lowest BCUT2D eigenvalue weighted by molar-refractivity contribution is 0.594. The first-order chi connectivity index (χ1) is 10.3. The zero-order chi connectivity index (χ0) is 16.4. The molecule has 2 aromatic rings. The van der Waals surface area contributed by atoms with Crippen molar-refractivity contribution in [2.24, 2.45) is 0 Å². The Labute approximate surface area is 146 Å². The Bertz CT molecular complexity index is 660. The molecule has 1 atom stereocenters. The van der Waals surface area contributed by atoms with Crippen molar-refractivity contribution in [3.8, 4) is 0 Å². The topological polar surface area (TPSA) is 0 Å². The molecule has 0 bridgehead atoms. The first-order valence-corrected chi connectivity index (χ1v) is 8.37. The molecule has 0 radical (unpaired) electrons. The van der Waals surface area contributed by atoms with E-state index in [4.69, 9.17) is 34.8 Å². The second-order valence-corrected chi connectivity index (χ2v) is 7.03. The van der Waals surface area contributed by atoms with Crippen LogP contribution in [0, 0.1) is 5.82 Å². The highest BCUT2D eigenvalue weighted by atomic mass is 35.5. The minimum Gasteiger partial charge on any atom is -0.205 e. The van der Waals surface area contributed by atoms with E-state index in [1.54, 1.807) is 24.3 Å². The van der Waals surface area contributed by atoms with Gasteiger partial charge in [0.15, 0.2) is 0 Å². The predicted octanol–water partition coefficient (Wildman–Crippen LogP) is 7.26. The van der Waals surface area contributed by atoms with Crippen LogP contribution in [0.1, 0.15) is 49.3 Å². The van der Waals surface area contributed by atoms with E-state index in [0.29, 0.717) is 22.0 Å². The second-order valence-electron chi connectivity index (χ2n) is 5.84. The smallest absolute Gasteiger partial charge is 0.145 e. The standard InChI is InChI=1S/C18H18Cl3F/c1-10(2)13-8-7-12(18(22)17(13)21)9-11(3)16-14(19)5-4-6-15(16)20/h4-8,10-11H,9H2,1-3H3. The molecule has 0 aromatic heterocycles. The zero-order valence-electron chi connectivity index (χ0n) is 12.8. The third-order valence-corrected chi connectivity index (χ3v) is 4.88. The van der Waals surface area contributed by atoms with E-state index in [2.05, 4.69) is 0 Å². The van der Waals surface area contributed by atoms with Crippen LogP contribution in [-0.2, 0) is 6.42 Å². The molecule has 0 aliphatic rings. The Morgan fingerprint density at radius 3 is 2.09 bits per heavy atom. The van der Waals surface area contributed by atoms with E-state index in [-0.39, 0.29) is 22.7 Å². The van der Waals surface area contributed by atoms with Crippen LogP contribution in [0.3, 0.4) is 0 Å². The molecule has 4 heteroatoms. The van der Waals surface area contributed by atoms with Gasteiger partial charge in [0.25, 0.3) is 0 Å². The molecule has 0 heterocycles. The van der Waals surface area contributed by atoms with Gasteiger partial charge in [-0.05, 0) is 47.1 Å². The largest absolute Gasteiger partial charge is 0.205 e. The SMILES string of the molecule is CC(C)c1ccc(CC(C)c2c(Cl)cccc2Cl)c(F)c1Cl. The molecule has 118 valence electrons. The number of rotatable bonds is 4. The maximum Gasteiger partial charge on any atom is 0.145 e. The molecular weight excluding hydrogens is 342 g/mol. The van der Waals surface area contributed by atoms with Crippen molar-refractivity contribution in [2.75, 3.05) is 0 Å². The third kappa shape index (κ3) is 3.59. The normalized spacial score (nSPS) is 12.7. The average molecular weight is 360 g/mol. The summed E-state index contributed by atoms with van der Waals surface area (Å²) in [6.45, 7) is 5.97. The summed E-state index contributed by atoms with van der Waals surface area (Å²) >= 11 is 18.6. The van der Waals surface area contributed by atoms with Gasteiger partial charge in [0.1, 0.15) is 5.82 Å². The van der Waals surface area contributed by atoms with Crippen LogP contribution in [0.15, 0.2) is 30.3 Å². The average Bonchev–Trinajstić information content (AvgIpc) is 2.43. The molecule has 0 aliphatic heterocycles. The highest BCUT2D eigenvalue weighted by Gasteiger charge is 2.19. The Kier molecular flexibility index (Phi) is 5.76. The lowest BCUT2D eigenvalue weighted by Gasteiger charge is -2.17. The van der Waals surface area contributed by atoms with E-state index in [1.807, 2.05) is 26.8 Å². The summed E-state index contributed by atoms with van der Waals surface area (Å²) in [4.78, 5) is 0. The van der Waals surface area contributed by atoms with Crippen molar-refractivity contribution in [3.05, 3.63) is 67.9 Å². The van der Waals surface area contributed by atoms with Crippen molar-refractivity contribution in [2.45, 2.75) is 39.0 Å². The first-order valence-electron chi connectivity index (χ1n) is 7.23.